The van der Waals surface area contributed by atoms with Gasteiger partial charge in [0.25, 0.3) is 0 Å². The van der Waals surface area contributed by atoms with Crippen molar-refractivity contribution in [1.29, 1.82) is 0 Å². The Kier molecular flexibility index (Phi) is 8.34. The van der Waals surface area contributed by atoms with E-state index in [-0.39, 0.29) is 24.8 Å². The Balaban J connectivity index is 2.24. The predicted molar refractivity (Wildman–Crippen MR) is 115 cm³/mol. The molecular weight excluding hydrogens is 395 g/mol. The first-order valence-electron chi connectivity index (χ1n) is 9.38. The summed E-state index contributed by atoms with van der Waals surface area (Å²) in [6.07, 6.45) is 1.05. The van der Waals surface area contributed by atoms with Crippen molar-refractivity contribution in [3.63, 3.8) is 0 Å². The van der Waals surface area contributed by atoms with E-state index in [1.54, 1.807) is 30.0 Å². The molecule has 0 aromatic heterocycles. The number of carbonyl (C=O) groups excluding carboxylic acids is 2. The summed E-state index contributed by atoms with van der Waals surface area (Å²) in [6, 6.07) is 12.4. The Hall–Kier alpha value is -2.04. The largest absolute Gasteiger partial charge is 0.354 e. The van der Waals surface area contributed by atoms with Gasteiger partial charge in [-0.25, -0.2) is 0 Å². The Morgan fingerprint density at radius 2 is 1.79 bits per heavy atom. The van der Waals surface area contributed by atoms with Gasteiger partial charge in [0.1, 0.15) is 6.04 Å². The number of carbonyl (C=O) groups is 2. The topological polar surface area (TPSA) is 49.4 Å². The van der Waals surface area contributed by atoms with Crippen molar-refractivity contribution in [1.82, 2.24) is 10.2 Å². The minimum atomic E-state index is -0.615. The molecule has 0 radical (unpaired) electrons. The van der Waals surface area contributed by atoms with Crippen LogP contribution in [0, 0.1) is 6.92 Å². The van der Waals surface area contributed by atoms with Gasteiger partial charge in [0, 0.05) is 23.1 Å². The number of hydrogen-bond acceptors (Lipinski definition) is 2. The maximum Gasteiger partial charge on any atom is 0.242 e. The maximum absolute atomic E-state index is 13.1. The smallest absolute Gasteiger partial charge is 0.242 e. The molecule has 1 unspecified atom stereocenters. The second-order valence-electron chi connectivity index (χ2n) is 6.89. The van der Waals surface area contributed by atoms with Crippen LogP contribution in [0.25, 0.3) is 0 Å². The predicted octanol–water partition coefficient (Wildman–Crippen LogP) is 4.79. The molecule has 0 heterocycles. The van der Waals surface area contributed by atoms with Crippen LogP contribution in [-0.4, -0.2) is 29.3 Å². The molecule has 4 nitrogen and oxygen atoms in total. The molecule has 2 rings (SSSR count). The summed E-state index contributed by atoms with van der Waals surface area (Å²) in [7, 11) is 0. The van der Waals surface area contributed by atoms with Gasteiger partial charge in [-0.2, -0.15) is 0 Å². The quantitative estimate of drug-likeness (QED) is 0.667. The van der Waals surface area contributed by atoms with E-state index in [9.17, 15) is 9.59 Å². The molecule has 0 saturated carbocycles. The number of halogens is 2. The van der Waals surface area contributed by atoms with E-state index in [4.69, 9.17) is 23.2 Å². The Morgan fingerprint density at radius 3 is 2.39 bits per heavy atom. The molecule has 2 aromatic rings. The molecule has 28 heavy (non-hydrogen) atoms. The van der Waals surface area contributed by atoms with Crippen molar-refractivity contribution in [3.8, 4) is 0 Å². The van der Waals surface area contributed by atoms with E-state index in [1.165, 1.54) is 0 Å². The van der Waals surface area contributed by atoms with Gasteiger partial charge in [-0.15, -0.1) is 0 Å². The van der Waals surface area contributed by atoms with E-state index in [2.05, 4.69) is 5.32 Å². The van der Waals surface area contributed by atoms with Gasteiger partial charge in [0.15, 0.2) is 0 Å². The summed E-state index contributed by atoms with van der Waals surface area (Å²) in [5.41, 5.74) is 2.79. The summed E-state index contributed by atoms with van der Waals surface area (Å²) >= 11 is 12.3. The van der Waals surface area contributed by atoms with Crippen molar-refractivity contribution < 1.29 is 9.59 Å². The molecule has 0 fully saturated rings. The molecule has 0 aliphatic rings. The zero-order chi connectivity index (χ0) is 20.7. The summed E-state index contributed by atoms with van der Waals surface area (Å²) in [4.78, 5) is 27.2. The molecule has 6 heteroatoms. The van der Waals surface area contributed by atoms with Crippen LogP contribution < -0.4 is 5.32 Å². The molecule has 0 saturated heterocycles. The van der Waals surface area contributed by atoms with Crippen molar-refractivity contribution in [2.24, 2.45) is 0 Å². The molecular formula is C22H26Cl2N2O2. The third kappa shape index (κ3) is 6.25. The molecule has 0 aliphatic carbocycles. The lowest BCUT2D eigenvalue weighted by Gasteiger charge is -2.29. The third-order valence-electron chi connectivity index (χ3n) is 4.55. The third-order valence-corrected chi connectivity index (χ3v) is 5.14. The van der Waals surface area contributed by atoms with Gasteiger partial charge in [-0.1, -0.05) is 66.0 Å². The minimum absolute atomic E-state index is 0.131. The number of nitrogens with zero attached hydrogens (tertiary/aromatic N) is 1. The highest BCUT2D eigenvalue weighted by Gasteiger charge is 2.26. The van der Waals surface area contributed by atoms with Gasteiger partial charge in [0.05, 0.1) is 6.42 Å². The number of benzene rings is 2. The molecule has 1 N–H and O–H groups in total. The van der Waals surface area contributed by atoms with Crippen LogP contribution in [0.2, 0.25) is 10.0 Å². The second kappa shape index (κ2) is 10.5. The molecule has 2 aromatic carbocycles. The van der Waals surface area contributed by atoms with E-state index in [0.29, 0.717) is 16.6 Å². The summed E-state index contributed by atoms with van der Waals surface area (Å²) in [5.74, 6) is -0.307. The SMILES string of the molecule is CCCNC(=O)C(C)N(Cc1ccc(Cl)cc1Cl)C(=O)Cc1ccc(C)cc1. The van der Waals surface area contributed by atoms with Crippen molar-refractivity contribution >= 4 is 35.0 Å². The Morgan fingerprint density at radius 1 is 1.11 bits per heavy atom. The first-order valence-corrected chi connectivity index (χ1v) is 10.1. The Labute approximate surface area is 176 Å². The van der Waals surface area contributed by atoms with Crippen LogP contribution >= 0.6 is 23.2 Å². The van der Waals surface area contributed by atoms with Gasteiger partial charge in [-0.3, -0.25) is 9.59 Å². The first-order chi connectivity index (χ1) is 13.3. The summed E-state index contributed by atoms with van der Waals surface area (Å²) in [5, 5.41) is 3.86. The van der Waals surface area contributed by atoms with E-state index >= 15 is 0 Å². The van der Waals surface area contributed by atoms with Gasteiger partial charge >= 0.3 is 0 Å². The first kappa shape index (κ1) is 22.3. The van der Waals surface area contributed by atoms with Gasteiger partial charge < -0.3 is 10.2 Å². The van der Waals surface area contributed by atoms with Gasteiger partial charge in [-0.05, 0) is 43.5 Å². The van der Waals surface area contributed by atoms with Crippen molar-refractivity contribution in [3.05, 3.63) is 69.2 Å². The highest BCUT2D eigenvalue weighted by Crippen LogP contribution is 2.23. The molecule has 2 amide bonds. The number of amides is 2. The van der Waals surface area contributed by atoms with Crippen LogP contribution in [0.15, 0.2) is 42.5 Å². The summed E-state index contributed by atoms with van der Waals surface area (Å²) in [6.45, 7) is 6.54. The fourth-order valence-corrected chi connectivity index (χ4v) is 3.26. The zero-order valence-electron chi connectivity index (χ0n) is 16.5. The number of aryl methyl sites for hydroxylation is 1. The minimum Gasteiger partial charge on any atom is -0.354 e. The molecule has 150 valence electrons. The highest BCUT2D eigenvalue weighted by atomic mass is 35.5. The van der Waals surface area contributed by atoms with Crippen LogP contribution in [0.1, 0.15) is 37.0 Å². The number of hydrogen-bond donors (Lipinski definition) is 1. The molecule has 0 bridgehead atoms. The molecule has 0 aliphatic heterocycles. The van der Waals surface area contributed by atoms with E-state index < -0.39 is 6.04 Å². The fraction of sp³-hybridized carbons (Fsp3) is 0.364. The van der Waals surface area contributed by atoms with Crippen LogP contribution in [0.5, 0.6) is 0 Å². The molecule has 1 atom stereocenters. The summed E-state index contributed by atoms with van der Waals surface area (Å²) < 4.78 is 0. The van der Waals surface area contributed by atoms with Crippen LogP contribution in [-0.2, 0) is 22.6 Å². The van der Waals surface area contributed by atoms with E-state index in [0.717, 1.165) is 23.1 Å². The lowest BCUT2D eigenvalue weighted by Crippen LogP contribution is -2.48. The van der Waals surface area contributed by atoms with E-state index in [1.807, 2.05) is 38.1 Å². The lowest BCUT2D eigenvalue weighted by atomic mass is 10.1. The normalized spacial score (nSPS) is 11.8. The standard InChI is InChI=1S/C22H26Cl2N2O2/c1-4-11-25-22(28)16(3)26(14-18-9-10-19(23)13-20(18)24)21(27)12-17-7-5-15(2)6-8-17/h5-10,13,16H,4,11-12,14H2,1-3H3,(H,25,28). The highest BCUT2D eigenvalue weighted by molar-refractivity contribution is 6.35. The molecule has 0 spiro atoms. The number of nitrogens with one attached hydrogen (secondary N) is 1. The lowest BCUT2D eigenvalue weighted by molar-refractivity contribution is -0.140. The maximum atomic E-state index is 13.1. The zero-order valence-corrected chi connectivity index (χ0v) is 18.0. The van der Waals surface area contributed by atoms with Crippen LogP contribution in [0.4, 0.5) is 0 Å². The fourth-order valence-electron chi connectivity index (χ4n) is 2.79. The van der Waals surface area contributed by atoms with Crippen LogP contribution in [0.3, 0.4) is 0 Å². The average Bonchev–Trinajstić information content (AvgIpc) is 2.66. The number of rotatable bonds is 8. The Bertz CT molecular complexity index is 822. The van der Waals surface area contributed by atoms with Crippen molar-refractivity contribution in [2.45, 2.75) is 46.2 Å². The second-order valence-corrected chi connectivity index (χ2v) is 7.73. The van der Waals surface area contributed by atoms with Gasteiger partial charge in [0.2, 0.25) is 11.8 Å². The van der Waals surface area contributed by atoms with Crippen molar-refractivity contribution in [2.75, 3.05) is 6.54 Å². The average molecular weight is 421 g/mol. The monoisotopic (exact) mass is 420 g/mol.